The summed E-state index contributed by atoms with van der Waals surface area (Å²) < 4.78 is 48.9. The van der Waals surface area contributed by atoms with E-state index in [1.54, 1.807) is 6.82 Å². The topological polar surface area (TPSA) is 0 Å². The first kappa shape index (κ1) is 10.1. The van der Waals surface area contributed by atoms with E-state index in [0.29, 0.717) is 6.07 Å². The average Bonchev–Trinajstić information content (AvgIpc) is 2.01. The van der Waals surface area contributed by atoms with Crippen LogP contribution in [0, 0.1) is 5.82 Å². The van der Waals surface area contributed by atoms with Crippen LogP contribution in [0.4, 0.5) is 17.6 Å². The van der Waals surface area contributed by atoms with Gasteiger partial charge in [-0.1, -0.05) is 18.4 Å². The second kappa shape index (κ2) is 3.40. The fourth-order valence-electron chi connectivity index (χ4n) is 0.943. The summed E-state index contributed by atoms with van der Waals surface area (Å²) in [6.45, 7) is 1.55. The molecule has 0 bridgehead atoms. The molecule has 0 N–H and O–H groups in total. The third-order valence-corrected chi connectivity index (χ3v) is 1.58. The van der Waals surface area contributed by atoms with Crippen molar-refractivity contribution in [3.63, 3.8) is 0 Å². The fourth-order valence-corrected chi connectivity index (χ4v) is 0.943. The Morgan fingerprint density at radius 2 is 1.77 bits per heavy atom. The van der Waals surface area contributed by atoms with E-state index < -0.39 is 17.6 Å². The fraction of sp³-hybridized carbons (Fsp3) is 0.250. The van der Waals surface area contributed by atoms with E-state index in [2.05, 4.69) is 0 Å². The van der Waals surface area contributed by atoms with Gasteiger partial charge in [0, 0.05) is 0 Å². The highest BCUT2D eigenvalue weighted by Crippen LogP contribution is 2.28. The number of rotatable bonds is 1. The van der Waals surface area contributed by atoms with Crippen molar-refractivity contribution in [3.05, 3.63) is 29.6 Å². The van der Waals surface area contributed by atoms with E-state index in [1.165, 1.54) is 7.28 Å². The van der Waals surface area contributed by atoms with Crippen molar-refractivity contribution in [1.29, 1.82) is 0 Å². The summed E-state index contributed by atoms with van der Waals surface area (Å²) >= 11 is 0. The normalized spacial score (nSPS) is 11.5. The van der Waals surface area contributed by atoms with Crippen LogP contribution in [0.3, 0.4) is 0 Å². The molecule has 13 heavy (non-hydrogen) atoms. The van der Waals surface area contributed by atoms with E-state index in [9.17, 15) is 17.6 Å². The van der Waals surface area contributed by atoms with Gasteiger partial charge in [0.1, 0.15) is 13.1 Å². The third kappa shape index (κ3) is 2.47. The maximum atomic E-state index is 12.6. The lowest BCUT2D eigenvalue weighted by Gasteiger charge is -2.07. The zero-order chi connectivity index (χ0) is 10.1. The number of halogens is 4. The lowest BCUT2D eigenvalue weighted by atomic mass is 9.73. The highest BCUT2D eigenvalue weighted by Gasteiger charge is 2.31. The highest BCUT2D eigenvalue weighted by atomic mass is 19.4. The first-order valence-electron chi connectivity index (χ1n) is 3.60. The molecule has 0 aliphatic heterocycles. The molecule has 69 valence electrons. The van der Waals surface area contributed by atoms with Crippen LogP contribution in [0.1, 0.15) is 5.56 Å². The van der Waals surface area contributed by atoms with Gasteiger partial charge < -0.3 is 0 Å². The van der Waals surface area contributed by atoms with Gasteiger partial charge in [0.2, 0.25) is 0 Å². The summed E-state index contributed by atoms with van der Waals surface area (Å²) in [5.41, 5.74) is -0.729. The molecule has 0 nitrogen and oxygen atoms in total. The van der Waals surface area contributed by atoms with Crippen LogP contribution in [-0.2, 0) is 6.18 Å². The number of alkyl halides is 3. The van der Waals surface area contributed by atoms with Crippen molar-refractivity contribution in [2.24, 2.45) is 0 Å². The highest BCUT2D eigenvalue weighted by molar-refractivity contribution is 6.51. The Morgan fingerprint density at radius 1 is 1.15 bits per heavy atom. The van der Waals surface area contributed by atoms with E-state index in [0.717, 1.165) is 12.1 Å². The summed E-state index contributed by atoms with van der Waals surface area (Å²) in [6.07, 6.45) is -4.49. The molecular formula is C8H6BF4. The van der Waals surface area contributed by atoms with E-state index >= 15 is 0 Å². The molecule has 0 amide bonds. The van der Waals surface area contributed by atoms with Gasteiger partial charge in [0.15, 0.2) is 0 Å². The summed E-state index contributed by atoms with van der Waals surface area (Å²) in [5, 5.41) is 0. The standard InChI is InChI=1S/C8H6BF4/c1-9-6-2-5(8(11,12)13)3-7(10)4-6/h2-4H,1H3. The van der Waals surface area contributed by atoms with Crippen LogP contribution >= 0.6 is 0 Å². The van der Waals surface area contributed by atoms with Crippen molar-refractivity contribution in [2.75, 3.05) is 0 Å². The van der Waals surface area contributed by atoms with Crippen LogP contribution in [-0.4, -0.2) is 7.28 Å². The molecule has 0 aromatic heterocycles. The maximum Gasteiger partial charge on any atom is 0.416 e. The molecule has 0 heterocycles. The van der Waals surface area contributed by atoms with Crippen LogP contribution in [0.5, 0.6) is 0 Å². The van der Waals surface area contributed by atoms with E-state index in [1.807, 2.05) is 0 Å². The molecule has 0 aliphatic carbocycles. The van der Waals surface area contributed by atoms with Gasteiger partial charge in [-0.05, 0) is 12.1 Å². The molecule has 0 aliphatic rings. The Morgan fingerprint density at radius 3 is 2.23 bits per heavy atom. The molecule has 0 atom stereocenters. The van der Waals surface area contributed by atoms with Crippen molar-refractivity contribution < 1.29 is 17.6 Å². The van der Waals surface area contributed by atoms with Gasteiger partial charge in [-0.2, -0.15) is 13.2 Å². The van der Waals surface area contributed by atoms with Crippen molar-refractivity contribution >= 4 is 12.7 Å². The Bertz CT molecular complexity index is 306. The Hall–Kier alpha value is -0.995. The van der Waals surface area contributed by atoms with Gasteiger partial charge >= 0.3 is 6.18 Å². The molecule has 0 saturated carbocycles. The van der Waals surface area contributed by atoms with Gasteiger partial charge in [-0.25, -0.2) is 4.39 Å². The zero-order valence-electron chi connectivity index (χ0n) is 6.82. The first-order chi connectivity index (χ1) is 5.93. The summed E-state index contributed by atoms with van der Waals surface area (Å²) in [6, 6.07) is 2.44. The molecular weight excluding hydrogens is 183 g/mol. The molecule has 5 heteroatoms. The molecule has 0 fully saturated rings. The summed E-state index contributed by atoms with van der Waals surface area (Å²) in [7, 11) is 1.42. The van der Waals surface area contributed by atoms with Gasteiger partial charge in [0.05, 0.1) is 5.56 Å². The largest absolute Gasteiger partial charge is 0.416 e. The molecule has 0 unspecified atom stereocenters. The number of hydrogen-bond donors (Lipinski definition) is 0. The molecule has 0 saturated heterocycles. The SMILES string of the molecule is C[B]c1cc(F)cc(C(F)(F)F)c1. The van der Waals surface area contributed by atoms with Crippen molar-refractivity contribution in [1.82, 2.24) is 0 Å². The van der Waals surface area contributed by atoms with Gasteiger partial charge in [-0.3, -0.25) is 0 Å². The Labute approximate surface area is 73.8 Å². The predicted octanol–water partition coefficient (Wildman–Crippen LogP) is 2.22. The van der Waals surface area contributed by atoms with Crippen molar-refractivity contribution in [2.45, 2.75) is 13.0 Å². The van der Waals surface area contributed by atoms with E-state index in [-0.39, 0.29) is 5.46 Å². The van der Waals surface area contributed by atoms with Crippen LogP contribution in [0.15, 0.2) is 18.2 Å². The van der Waals surface area contributed by atoms with Crippen LogP contribution in [0.2, 0.25) is 6.82 Å². The monoisotopic (exact) mass is 189 g/mol. The molecule has 0 spiro atoms. The molecule has 1 rings (SSSR count). The smallest absolute Gasteiger partial charge is 0.207 e. The summed E-state index contributed by atoms with van der Waals surface area (Å²) in [5.74, 6) is -0.872. The predicted molar refractivity (Wildman–Crippen MR) is 42.7 cm³/mol. The first-order valence-corrected chi connectivity index (χ1v) is 3.60. The van der Waals surface area contributed by atoms with Crippen LogP contribution in [0.25, 0.3) is 0 Å². The summed E-state index contributed by atoms with van der Waals surface area (Å²) in [4.78, 5) is 0. The average molecular weight is 189 g/mol. The third-order valence-electron chi connectivity index (χ3n) is 1.58. The second-order valence-corrected chi connectivity index (χ2v) is 2.56. The van der Waals surface area contributed by atoms with Gasteiger partial charge in [-0.15, -0.1) is 0 Å². The quantitative estimate of drug-likeness (QED) is 0.469. The Balaban J connectivity index is 3.16. The molecule has 1 aromatic carbocycles. The van der Waals surface area contributed by atoms with Gasteiger partial charge in [0.25, 0.3) is 0 Å². The minimum Gasteiger partial charge on any atom is -0.207 e. The zero-order valence-corrected chi connectivity index (χ0v) is 6.82. The minimum absolute atomic E-state index is 0.229. The maximum absolute atomic E-state index is 12.6. The van der Waals surface area contributed by atoms with Crippen molar-refractivity contribution in [3.8, 4) is 0 Å². The molecule has 1 radical (unpaired) electrons. The number of benzene rings is 1. The number of hydrogen-bond acceptors (Lipinski definition) is 0. The lowest BCUT2D eigenvalue weighted by Crippen LogP contribution is -2.16. The van der Waals surface area contributed by atoms with E-state index in [4.69, 9.17) is 0 Å². The minimum atomic E-state index is -4.49. The lowest BCUT2D eigenvalue weighted by molar-refractivity contribution is -0.137. The van der Waals surface area contributed by atoms with Crippen LogP contribution < -0.4 is 5.46 Å². The Kier molecular flexibility index (Phi) is 2.64. The second-order valence-electron chi connectivity index (χ2n) is 2.56. The molecule has 1 aromatic rings.